The third-order valence-corrected chi connectivity index (χ3v) is 6.16. The smallest absolute Gasteiger partial charge is 0.0928 e. The number of hydrogen-bond acceptors (Lipinski definition) is 2. The minimum absolute atomic E-state index is 0.00957. The van der Waals surface area contributed by atoms with Crippen molar-refractivity contribution in [2.24, 2.45) is 5.41 Å². The first-order valence-corrected chi connectivity index (χ1v) is 7.96. The molecule has 0 aromatic heterocycles. The lowest BCUT2D eigenvalue weighted by Gasteiger charge is -2.39. The molecule has 1 saturated heterocycles. The summed E-state index contributed by atoms with van der Waals surface area (Å²) in [6.07, 6.45) is 2.63. The van der Waals surface area contributed by atoms with Crippen LogP contribution in [0, 0.1) is 5.41 Å². The van der Waals surface area contributed by atoms with Crippen molar-refractivity contribution in [3.05, 3.63) is 26.6 Å². The van der Waals surface area contributed by atoms with Crippen LogP contribution in [0.4, 0.5) is 5.69 Å². The number of fused-ring (bicyclic) bond motifs is 2. The topological polar surface area (TPSA) is 21.3 Å². The van der Waals surface area contributed by atoms with Gasteiger partial charge in [-0.2, -0.15) is 0 Å². The SMILES string of the molecule is C[C@]12CC[C@]3(C)OC1c1cc(Br)cc(Br)c1NC23. The van der Waals surface area contributed by atoms with E-state index in [1.807, 2.05) is 0 Å². The summed E-state index contributed by atoms with van der Waals surface area (Å²) in [4.78, 5) is 0. The van der Waals surface area contributed by atoms with Crippen LogP contribution in [0.15, 0.2) is 21.1 Å². The normalized spacial score (nSPS) is 43.8. The molecule has 3 aliphatic rings. The molecule has 0 amide bonds. The highest BCUT2D eigenvalue weighted by Gasteiger charge is 2.67. The molecule has 4 atom stereocenters. The van der Waals surface area contributed by atoms with E-state index in [0.717, 1.165) is 15.4 Å². The average Bonchev–Trinajstić information content (AvgIpc) is 2.59. The van der Waals surface area contributed by atoms with Gasteiger partial charge in [-0.05, 0) is 47.8 Å². The molecule has 2 unspecified atom stereocenters. The fourth-order valence-electron chi connectivity index (χ4n) is 4.15. The minimum Gasteiger partial charge on any atom is -0.378 e. The number of halogens is 2. The molecule has 4 bridgehead atoms. The van der Waals surface area contributed by atoms with Crippen LogP contribution < -0.4 is 5.32 Å². The van der Waals surface area contributed by atoms with Gasteiger partial charge in [0.2, 0.25) is 0 Å². The molecule has 1 aromatic carbocycles. The van der Waals surface area contributed by atoms with Crippen molar-refractivity contribution in [3.8, 4) is 0 Å². The van der Waals surface area contributed by atoms with Crippen LogP contribution in [-0.2, 0) is 4.74 Å². The van der Waals surface area contributed by atoms with Gasteiger partial charge >= 0.3 is 0 Å². The first-order valence-electron chi connectivity index (χ1n) is 6.37. The van der Waals surface area contributed by atoms with E-state index in [2.05, 4.69) is 63.2 Å². The second kappa shape index (κ2) is 3.33. The largest absolute Gasteiger partial charge is 0.378 e. The molecule has 1 N–H and O–H groups in total. The monoisotopic (exact) mass is 371 g/mol. The van der Waals surface area contributed by atoms with Crippen LogP contribution in [0.3, 0.4) is 0 Å². The van der Waals surface area contributed by atoms with Crippen molar-refractivity contribution in [3.63, 3.8) is 0 Å². The lowest BCUT2D eigenvalue weighted by atomic mass is 9.74. The zero-order valence-corrected chi connectivity index (χ0v) is 13.6. The predicted molar refractivity (Wildman–Crippen MR) is 78.8 cm³/mol. The fourth-order valence-corrected chi connectivity index (χ4v) is 5.52. The quantitative estimate of drug-likeness (QED) is 0.716. The molecule has 1 aliphatic carbocycles. The molecule has 2 nitrogen and oxygen atoms in total. The zero-order chi connectivity index (χ0) is 12.7. The van der Waals surface area contributed by atoms with E-state index >= 15 is 0 Å². The van der Waals surface area contributed by atoms with Gasteiger partial charge in [0, 0.05) is 19.9 Å². The van der Waals surface area contributed by atoms with Crippen molar-refractivity contribution in [2.75, 3.05) is 5.32 Å². The maximum atomic E-state index is 6.41. The molecular weight excluding hydrogens is 358 g/mol. The van der Waals surface area contributed by atoms with Crippen molar-refractivity contribution in [1.29, 1.82) is 0 Å². The van der Waals surface area contributed by atoms with E-state index in [1.54, 1.807) is 0 Å². The summed E-state index contributed by atoms with van der Waals surface area (Å²) in [5, 5.41) is 3.73. The van der Waals surface area contributed by atoms with Crippen molar-refractivity contribution in [2.45, 2.75) is 44.4 Å². The van der Waals surface area contributed by atoms with E-state index in [0.29, 0.717) is 6.04 Å². The van der Waals surface area contributed by atoms with Gasteiger partial charge in [-0.3, -0.25) is 0 Å². The Labute approximate surface area is 124 Å². The number of rotatable bonds is 0. The average molecular weight is 373 g/mol. The summed E-state index contributed by atoms with van der Waals surface area (Å²) in [6, 6.07) is 4.73. The first kappa shape index (κ1) is 11.7. The summed E-state index contributed by atoms with van der Waals surface area (Å²) in [5.74, 6) is 0. The van der Waals surface area contributed by atoms with Gasteiger partial charge in [0.05, 0.1) is 23.4 Å². The fraction of sp³-hybridized carbons (Fsp3) is 0.571. The van der Waals surface area contributed by atoms with Gasteiger partial charge in [-0.1, -0.05) is 22.9 Å². The molecule has 18 heavy (non-hydrogen) atoms. The van der Waals surface area contributed by atoms with Crippen LogP contribution in [0.25, 0.3) is 0 Å². The van der Waals surface area contributed by atoms with E-state index in [4.69, 9.17) is 4.74 Å². The van der Waals surface area contributed by atoms with Gasteiger partial charge in [0.25, 0.3) is 0 Å². The van der Waals surface area contributed by atoms with E-state index in [9.17, 15) is 0 Å². The van der Waals surface area contributed by atoms with Gasteiger partial charge in [0.1, 0.15) is 0 Å². The Hall–Kier alpha value is -0.0600. The Bertz CT molecular complexity index is 561. The lowest BCUT2D eigenvalue weighted by Crippen LogP contribution is -2.43. The second-order valence-electron chi connectivity index (χ2n) is 6.25. The highest BCUT2D eigenvalue weighted by atomic mass is 79.9. The van der Waals surface area contributed by atoms with Crippen molar-refractivity contribution < 1.29 is 4.74 Å². The standard InChI is InChI=1S/C14H15Br2NO/c1-13-3-4-14(2)12(13)17-10-8(11(13)18-14)5-7(15)6-9(10)16/h5-6,11-12,17H,3-4H2,1-2H3/t11?,12?,13-,14-/m0/s1. The molecule has 1 saturated carbocycles. The maximum absolute atomic E-state index is 6.41. The molecule has 2 fully saturated rings. The number of hydrogen-bond donors (Lipinski definition) is 1. The summed E-state index contributed by atoms with van der Waals surface area (Å²) in [5.41, 5.74) is 2.74. The number of benzene rings is 1. The van der Waals surface area contributed by atoms with Gasteiger partial charge in [0.15, 0.2) is 0 Å². The lowest BCUT2D eigenvalue weighted by molar-refractivity contribution is -0.0764. The van der Waals surface area contributed by atoms with E-state index in [-0.39, 0.29) is 17.1 Å². The minimum atomic E-state index is -0.00957. The van der Waals surface area contributed by atoms with E-state index < -0.39 is 0 Å². The van der Waals surface area contributed by atoms with E-state index in [1.165, 1.54) is 17.7 Å². The first-order chi connectivity index (χ1) is 8.44. The molecule has 4 rings (SSSR count). The summed E-state index contributed by atoms with van der Waals surface area (Å²) in [7, 11) is 0. The van der Waals surface area contributed by atoms with Crippen molar-refractivity contribution >= 4 is 37.5 Å². The van der Waals surface area contributed by atoms with Crippen LogP contribution in [-0.4, -0.2) is 11.6 Å². The number of ether oxygens (including phenoxy) is 1. The van der Waals surface area contributed by atoms with Crippen LogP contribution >= 0.6 is 31.9 Å². The maximum Gasteiger partial charge on any atom is 0.0928 e. The molecule has 0 radical (unpaired) electrons. The summed E-state index contributed by atoms with van der Waals surface area (Å²) in [6.45, 7) is 4.62. The highest BCUT2D eigenvalue weighted by molar-refractivity contribution is 9.11. The number of anilines is 1. The van der Waals surface area contributed by atoms with Crippen LogP contribution in [0.5, 0.6) is 0 Å². The third kappa shape index (κ3) is 1.22. The van der Waals surface area contributed by atoms with Crippen LogP contribution in [0.2, 0.25) is 0 Å². The Morgan fingerprint density at radius 3 is 2.83 bits per heavy atom. The molecule has 2 heterocycles. The molecule has 1 aromatic rings. The Kier molecular flexibility index (Phi) is 2.17. The summed E-state index contributed by atoms with van der Waals surface area (Å²) >= 11 is 7.25. The summed E-state index contributed by atoms with van der Waals surface area (Å²) < 4.78 is 8.64. The zero-order valence-electron chi connectivity index (χ0n) is 10.4. The second-order valence-corrected chi connectivity index (χ2v) is 8.02. The number of nitrogens with one attached hydrogen (secondary N) is 1. The molecular formula is C14H15Br2NO. The Morgan fingerprint density at radius 2 is 2.06 bits per heavy atom. The molecule has 96 valence electrons. The predicted octanol–water partition coefficient (Wildman–Crippen LogP) is 4.64. The molecule has 0 spiro atoms. The van der Waals surface area contributed by atoms with Crippen LogP contribution in [0.1, 0.15) is 38.4 Å². The van der Waals surface area contributed by atoms with Gasteiger partial charge in [-0.25, -0.2) is 0 Å². The van der Waals surface area contributed by atoms with Crippen molar-refractivity contribution in [1.82, 2.24) is 0 Å². The Balaban J connectivity index is 1.95. The van der Waals surface area contributed by atoms with Gasteiger partial charge in [-0.15, -0.1) is 0 Å². The highest BCUT2D eigenvalue weighted by Crippen LogP contribution is 2.66. The van der Waals surface area contributed by atoms with Gasteiger partial charge < -0.3 is 10.1 Å². The third-order valence-electron chi connectivity index (χ3n) is 5.07. The molecule has 4 heteroatoms. The molecule has 2 aliphatic heterocycles. The Morgan fingerprint density at radius 1 is 1.28 bits per heavy atom.